The molecule has 5 heteroatoms. The zero-order valence-electron chi connectivity index (χ0n) is 11.9. The molecule has 19 heavy (non-hydrogen) atoms. The number of hydrogen-bond acceptors (Lipinski definition) is 3. The van der Waals surface area contributed by atoms with E-state index in [0.29, 0.717) is 18.1 Å². The number of aromatic nitrogens is 1. The molecule has 0 aromatic carbocycles. The molecule has 0 saturated carbocycles. The molecule has 0 spiro atoms. The fraction of sp³-hybridized carbons (Fsp3) is 0.571. The monoisotopic (exact) mass is 264 g/mol. The Morgan fingerprint density at radius 3 is 2.74 bits per heavy atom. The van der Waals surface area contributed by atoms with Crippen LogP contribution in [0.3, 0.4) is 0 Å². The Morgan fingerprint density at radius 2 is 2.11 bits per heavy atom. The van der Waals surface area contributed by atoms with Crippen LogP contribution < -0.4 is 9.63 Å². The van der Waals surface area contributed by atoms with Gasteiger partial charge in [0.15, 0.2) is 0 Å². The second-order valence-electron chi connectivity index (χ2n) is 5.85. The third-order valence-corrected chi connectivity index (χ3v) is 3.02. The van der Waals surface area contributed by atoms with Crippen LogP contribution in [-0.2, 0) is 11.2 Å². The lowest BCUT2D eigenvalue weighted by molar-refractivity contribution is -0.599. The lowest BCUT2D eigenvalue weighted by Gasteiger charge is -2.28. The second-order valence-corrected chi connectivity index (χ2v) is 5.85. The number of pyridine rings is 1. The zero-order valence-corrected chi connectivity index (χ0v) is 11.9. The molecule has 2 heterocycles. The van der Waals surface area contributed by atoms with Crippen LogP contribution in [0.1, 0.15) is 38.4 Å². The van der Waals surface area contributed by atoms with Gasteiger partial charge in [-0.05, 0) is 52.7 Å². The van der Waals surface area contributed by atoms with Gasteiger partial charge in [0.25, 0.3) is 5.82 Å². The normalized spacial score (nSPS) is 15.1. The van der Waals surface area contributed by atoms with Crippen molar-refractivity contribution in [1.82, 2.24) is 0 Å². The molecule has 1 aromatic rings. The molecule has 5 nitrogen and oxygen atoms in total. The first-order valence-electron chi connectivity index (χ1n) is 6.52. The van der Waals surface area contributed by atoms with E-state index in [4.69, 9.17) is 4.74 Å². The lowest BCUT2D eigenvalue weighted by Crippen LogP contribution is -2.48. The highest BCUT2D eigenvalue weighted by atomic mass is 16.6. The maximum absolute atomic E-state index is 12.2. The number of carbonyl (C=O) groups excluding carboxylic acids is 1. The highest BCUT2D eigenvalue weighted by Gasteiger charge is 2.36. The molecule has 0 bridgehead atoms. The summed E-state index contributed by atoms with van der Waals surface area (Å²) in [5.74, 6) is 0.417. The average Bonchev–Trinajstić information content (AvgIpc) is 2.31. The van der Waals surface area contributed by atoms with E-state index in [9.17, 15) is 10.0 Å². The standard InChI is InChI=1S/C14H20N2O3/c1-10-7-8-11-6-5-9-15(12(11)16(10)18)13(17)19-14(2,3)4/h7-8H,5-6,9H2,1-4H3. The minimum Gasteiger partial charge on any atom is -0.710 e. The summed E-state index contributed by atoms with van der Waals surface area (Å²) in [6, 6.07) is 3.69. The highest BCUT2D eigenvalue weighted by Crippen LogP contribution is 2.25. The summed E-state index contributed by atoms with van der Waals surface area (Å²) in [4.78, 5) is 13.6. The van der Waals surface area contributed by atoms with Crippen LogP contribution in [0.2, 0.25) is 0 Å². The Labute approximate surface area is 113 Å². The lowest BCUT2D eigenvalue weighted by atomic mass is 10.1. The van der Waals surface area contributed by atoms with Crippen molar-refractivity contribution >= 4 is 11.9 Å². The molecule has 1 aliphatic rings. The van der Waals surface area contributed by atoms with Gasteiger partial charge < -0.3 is 9.94 Å². The summed E-state index contributed by atoms with van der Waals surface area (Å²) in [5, 5.41) is 12.2. The van der Waals surface area contributed by atoms with E-state index in [2.05, 4.69) is 0 Å². The fourth-order valence-corrected chi connectivity index (χ4v) is 2.17. The van der Waals surface area contributed by atoms with E-state index in [1.807, 2.05) is 26.8 Å². The van der Waals surface area contributed by atoms with Crippen LogP contribution in [0.15, 0.2) is 12.1 Å². The molecule has 0 unspecified atom stereocenters. The molecule has 0 radical (unpaired) electrons. The van der Waals surface area contributed by atoms with E-state index in [1.54, 1.807) is 13.0 Å². The molecule has 0 aliphatic carbocycles. The van der Waals surface area contributed by atoms with Gasteiger partial charge in [-0.15, -0.1) is 0 Å². The molecule has 1 aliphatic heterocycles. The number of aryl methyl sites for hydroxylation is 2. The van der Waals surface area contributed by atoms with Gasteiger partial charge >= 0.3 is 6.09 Å². The van der Waals surface area contributed by atoms with Crippen LogP contribution in [0.4, 0.5) is 10.6 Å². The SMILES string of the molecule is Cc1ccc2c([n+]1[O-])N(C(=O)OC(C)(C)C)CCC2. The summed E-state index contributed by atoms with van der Waals surface area (Å²) in [5.41, 5.74) is 0.915. The van der Waals surface area contributed by atoms with Crippen molar-refractivity contribution < 1.29 is 14.3 Å². The minimum atomic E-state index is -0.563. The quantitative estimate of drug-likeness (QED) is 0.533. The predicted octanol–water partition coefficient (Wildman–Crippen LogP) is 2.32. The van der Waals surface area contributed by atoms with Gasteiger partial charge in [0.1, 0.15) is 11.3 Å². The van der Waals surface area contributed by atoms with E-state index < -0.39 is 11.7 Å². The molecule has 1 aromatic heterocycles. The fourth-order valence-electron chi connectivity index (χ4n) is 2.17. The number of fused-ring (bicyclic) bond motifs is 1. The van der Waals surface area contributed by atoms with Gasteiger partial charge in [-0.25, -0.2) is 4.73 Å². The Balaban J connectivity index is 2.37. The topological polar surface area (TPSA) is 56.5 Å². The van der Waals surface area contributed by atoms with E-state index in [1.165, 1.54) is 4.90 Å². The van der Waals surface area contributed by atoms with Gasteiger partial charge in [0.05, 0.1) is 6.54 Å². The van der Waals surface area contributed by atoms with Crippen molar-refractivity contribution in [3.8, 4) is 0 Å². The summed E-state index contributed by atoms with van der Waals surface area (Å²) in [6.07, 6.45) is 1.20. The molecule has 2 rings (SSSR count). The predicted molar refractivity (Wildman–Crippen MR) is 72.0 cm³/mol. The Kier molecular flexibility index (Phi) is 3.39. The van der Waals surface area contributed by atoms with Crippen molar-refractivity contribution in [2.75, 3.05) is 11.4 Å². The number of carbonyl (C=O) groups is 1. The Bertz CT molecular complexity index is 506. The van der Waals surface area contributed by atoms with E-state index in [0.717, 1.165) is 23.1 Å². The van der Waals surface area contributed by atoms with Crippen LogP contribution in [0, 0.1) is 12.1 Å². The van der Waals surface area contributed by atoms with Crippen LogP contribution >= 0.6 is 0 Å². The van der Waals surface area contributed by atoms with E-state index in [-0.39, 0.29) is 0 Å². The van der Waals surface area contributed by atoms with Crippen molar-refractivity contribution in [1.29, 1.82) is 0 Å². The molecule has 0 N–H and O–H groups in total. The molecule has 1 amide bonds. The number of hydrogen-bond donors (Lipinski definition) is 0. The summed E-state index contributed by atoms with van der Waals surface area (Å²) >= 11 is 0. The molecule has 104 valence electrons. The summed E-state index contributed by atoms with van der Waals surface area (Å²) in [6.45, 7) is 7.70. The number of ether oxygens (including phenoxy) is 1. The Morgan fingerprint density at radius 1 is 1.42 bits per heavy atom. The number of rotatable bonds is 0. The molecule has 0 saturated heterocycles. The first-order valence-corrected chi connectivity index (χ1v) is 6.52. The van der Waals surface area contributed by atoms with Gasteiger partial charge in [-0.1, -0.05) is 0 Å². The minimum absolute atomic E-state index is 0.417. The summed E-state index contributed by atoms with van der Waals surface area (Å²) < 4.78 is 6.18. The van der Waals surface area contributed by atoms with Crippen LogP contribution in [0.25, 0.3) is 0 Å². The van der Waals surface area contributed by atoms with Crippen LogP contribution in [0.5, 0.6) is 0 Å². The smallest absolute Gasteiger partial charge is 0.507 e. The van der Waals surface area contributed by atoms with Crippen LogP contribution in [-0.4, -0.2) is 18.2 Å². The molecule has 0 fully saturated rings. The number of anilines is 1. The first-order chi connectivity index (χ1) is 8.79. The third-order valence-electron chi connectivity index (χ3n) is 3.02. The van der Waals surface area contributed by atoms with Gasteiger partial charge in [0, 0.05) is 5.56 Å². The molecule has 0 atom stereocenters. The third kappa shape index (κ3) is 2.80. The molecular formula is C14H20N2O3. The van der Waals surface area contributed by atoms with Crippen molar-refractivity contribution in [3.63, 3.8) is 0 Å². The maximum Gasteiger partial charge on any atom is 0.507 e. The van der Waals surface area contributed by atoms with Crippen molar-refractivity contribution in [3.05, 3.63) is 28.6 Å². The second kappa shape index (κ2) is 4.72. The zero-order chi connectivity index (χ0) is 14.2. The number of amides is 1. The first kappa shape index (κ1) is 13.6. The van der Waals surface area contributed by atoms with Gasteiger partial charge in [-0.2, -0.15) is 9.69 Å². The van der Waals surface area contributed by atoms with Crippen molar-refractivity contribution in [2.45, 2.75) is 46.1 Å². The highest BCUT2D eigenvalue weighted by molar-refractivity contribution is 5.87. The average molecular weight is 264 g/mol. The van der Waals surface area contributed by atoms with Gasteiger partial charge in [0.2, 0.25) is 0 Å². The molecular weight excluding hydrogens is 244 g/mol. The Hall–Kier alpha value is -1.78. The van der Waals surface area contributed by atoms with E-state index >= 15 is 0 Å². The maximum atomic E-state index is 12.2. The summed E-state index contributed by atoms with van der Waals surface area (Å²) in [7, 11) is 0. The van der Waals surface area contributed by atoms with Gasteiger partial charge in [-0.3, -0.25) is 0 Å². The van der Waals surface area contributed by atoms with Crippen molar-refractivity contribution in [2.24, 2.45) is 0 Å². The number of nitrogens with zero attached hydrogens (tertiary/aromatic N) is 2. The largest absolute Gasteiger partial charge is 0.710 e.